The van der Waals surface area contributed by atoms with Crippen molar-refractivity contribution in [3.05, 3.63) is 24.6 Å². The third-order valence-corrected chi connectivity index (χ3v) is 2.15. The molecule has 12 heavy (non-hydrogen) atoms. The Bertz CT molecular complexity index is 188. The zero-order chi connectivity index (χ0) is 8.81. The lowest BCUT2D eigenvalue weighted by atomic mass is 10.1. The zero-order valence-corrected chi connectivity index (χ0v) is 7.50. The second kappa shape index (κ2) is 4.75. The number of rotatable bonds is 3. The molecule has 1 aliphatic rings. The minimum absolute atomic E-state index is 1.10. The van der Waals surface area contributed by atoms with Crippen molar-refractivity contribution in [1.82, 2.24) is 4.90 Å². The molecule has 0 aliphatic carbocycles. The highest BCUT2D eigenvalue weighted by molar-refractivity contribution is 5.28. The molecule has 0 atom stereocenters. The van der Waals surface area contributed by atoms with Gasteiger partial charge in [-0.25, -0.2) is 0 Å². The van der Waals surface area contributed by atoms with E-state index in [2.05, 4.69) is 23.2 Å². The van der Waals surface area contributed by atoms with Crippen molar-refractivity contribution in [2.24, 2.45) is 4.99 Å². The zero-order valence-electron chi connectivity index (χ0n) is 7.50. The highest BCUT2D eigenvalue weighted by Crippen LogP contribution is 2.14. The minimum Gasteiger partial charge on any atom is -0.370 e. The Morgan fingerprint density at radius 2 is 1.92 bits per heavy atom. The van der Waals surface area contributed by atoms with Crippen LogP contribution in [0, 0.1) is 0 Å². The first kappa shape index (κ1) is 9.04. The van der Waals surface area contributed by atoms with Gasteiger partial charge in [0.25, 0.3) is 0 Å². The Morgan fingerprint density at radius 3 is 2.42 bits per heavy atom. The van der Waals surface area contributed by atoms with E-state index in [-0.39, 0.29) is 0 Å². The highest BCUT2D eigenvalue weighted by Gasteiger charge is 2.10. The molecule has 0 spiro atoms. The van der Waals surface area contributed by atoms with Crippen LogP contribution in [0.1, 0.15) is 19.3 Å². The molecule has 0 aromatic rings. The molecule has 0 radical (unpaired) electrons. The molecule has 1 heterocycles. The molecule has 66 valence electrons. The normalized spacial score (nSPS) is 19.0. The standard InChI is InChI=1S/C10H16N2/c1-3-10(9-11-2)12-7-5-4-6-8-12/h3,9H,1-2,4-8H2/b10-9+. The molecule has 2 nitrogen and oxygen atoms in total. The SMILES string of the molecule is C=C/C(=C\N=C)N1CCCCC1. The van der Waals surface area contributed by atoms with Crippen LogP contribution in [0.5, 0.6) is 0 Å². The summed E-state index contributed by atoms with van der Waals surface area (Å²) in [5.41, 5.74) is 1.10. The molecule has 0 unspecified atom stereocenters. The van der Waals surface area contributed by atoms with E-state index in [0.717, 1.165) is 18.8 Å². The lowest BCUT2D eigenvalue weighted by Gasteiger charge is -2.29. The lowest BCUT2D eigenvalue weighted by Crippen LogP contribution is -2.28. The van der Waals surface area contributed by atoms with Gasteiger partial charge in [-0.3, -0.25) is 4.99 Å². The van der Waals surface area contributed by atoms with Gasteiger partial charge >= 0.3 is 0 Å². The van der Waals surface area contributed by atoms with E-state index in [1.54, 1.807) is 6.20 Å². The van der Waals surface area contributed by atoms with Crippen LogP contribution in [0.2, 0.25) is 0 Å². The van der Waals surface area contributed by atoms with Gasteiger partial charge in [-0.1, -0.05) is 6.58 Å². The Kier molecular flexibility index (Phi) is 3.58. The van der Waals surface area contributed by atoms with Crippen molar-refractivity contribution in [3.8, 4) is 0 Å². The molecule has 0 aromatic carbocycles. The molecule has 1 fully saturated rings. The molecule has 1 rings (SSSR count). The van der Waals surface area contributed by atoms with Crippen molar-refractivity contribution >= 4 is 6.72 Å². The number of likely N-dealkylation sites (tertiary alicyclic amines) is 1. The number of nitrogens with zero attached hydrogens (tertiary/aromatic N) is 2. The number of piperidine rings is 1. The second-order valence-electron chi connectivity index (χ2n) is 2.99. The van der Waals surface area contributed by atoms with Gasteiger partial charge in [-0.15, -0.1) is 0 Å². The van der Waals surface area contributed by atoms with Crippen LogP contribution in [0.25, 0.3) is 0 Å². The van der Waals surface area contributed by atoms with Crippen LogP contribution in [0.3, 0.4) is 0 Å². The number of hydrogen-bond acceptors (Lipinski definition) is 2. The summed E-state index contributed by atoms with van der Waals surface area (Å²) in [5, 5.41) is 0. The quantitative estimate of drug-likeness (QED) is 0.461. The van der Waals surface area contributed by atoms with Gasteiger partial charge in [-0.2, -0.15) is 0 Å². The van der Waals surface area contributed by atoms with Crippen molar-refractivity contribution in [1.29, 1.82) is 0 Å². The van der Waals surface area contributed by atoms with Gasteiger partial charge in [0.05, 0.1) is 5.70 Å². The number of allylic oxidation sites excluding steroid dienone is 1. The summed E-state index contributed by atoms with van der Waals surface area (Å²) in [6, 6.07) is 0. The van der Waals surface area contributed by atoms with Gasteiger partial charge in [0.1, 0.15) is 0 Å². The van der Waals surface area contributed by atoms with E-state index in [4.69, 9.17) is 0 Å². The van der Waals surface area contributed by atoms with Crippen molar-refractivity contribution < 1.29 is 0 Å². The van der Waals surface area contributed by atoms with E-state index in [1.807, 2.05) is 6.08 Å². The van der Waals surface area contributed by atoms with Crippen molar-refractivity contribution in [2.75, 3.05) is 13.1 Å². The molecule has 0 amide bonds. The third kappa shape index (κ3) is 2.22. The maximum Gasteiger partial charge on any atom is 0.0545 e. The summed E-state index contributed by atoms with van der Waals surface area (Å²) in [6.07, 6.45) is 7.53. The first-order valence-electron chi connectivity index (χ1n) is 4.42. The van der Waals surface area contributed by atoms with Crippen LogP contribution >= 0.6 is 0 Å². The van der Waals surface area contributed by atoms with Crippen LogP contribution in [-0.4, -0.2) is 24.7 Å². The predicted molar refractivity (Wildman–Crippen MR) is 53.3 cm³/mol. The average molecular weight is 164 g/mol. The fourth-order valence-corrected chi connectivity index (χ4v) is 1.51. The van der Waals surface area contributed by atoms with Gasteiger partial charge in [0, 0.05) is 19.3 Å². The summed E-state index contributed by atoms with van der Waals surface area (Å²) in [5.74, 6) is 0. The van der Waals surface area contributed by atoms with Crippen LogP contribution in [-0.2, 0) is 0 Å². The van der Waals surface area contributed by atoms with Crippen LogP contribution in [0.4, 0.5) is 0 Å². The van der Waals surface area contributed by atoms with Gasteiger partial charge in [-0.05, 0) is 32.1 Å². The van der Waals surface area contributed by atoms with E-state index in [9.17, 15) is 0 Å². The first-order valence-corrected chi connectivity index (χ1v) is 4.42. The smallest absolute Gasteiger partial charge is 0.0545 e. The summed E-state index contributed by atoms with van der Waals surface area (Å²) >= 11 is 0. The minimum atomic E-state index is 1.10. The lowest BCUT2D eigenvalue weighted by molar-refractivity contribution is 0.293. The third-order valence-electron chi connectivity index (χ3n) is 2.15. The first-order chi connectivity index (χ1) is 5.88. The summed E-state index contributed by atoms with van der Waals surface area (Å²) in [7, 11) is 0. The molecule has 1 aliphatic heterocycles. The Hall–Kier alpha value is -1.05. The van der Waals surface area contributed by atoms with Gasteiger partial charge < -0.3 is 4.90 Å². The topological polar surface area (TPSA) is 15.6 Å². The fourth-order valence-electron chi connectivity index (χ4n) is 1.51. The molecule has 0 aromatic heterocycles. The van der Waals surface area contributed by atoms with Crippen molar-refractivity contribution in [2.45, 2.75) is 19.3 Å². The summed E-state index contributed by atoms with van der Waals surface area (Å²) in [6.45, 7) is 9.46. The molecular weight excluding hydrogens is 148 g/mol. The largest absolute Gasteiger partial charge is 0.370 e. The van der Waals surface area contributed by atoms with E-state index in [1.165, 1.54) is 19.3 Å². The van der Waals surface area contributed by atoms with Gasteiger partial charge in [0.2, 0.25) is 0 Å². The second-order valence-corrected chi connectivity index (χ2v) is 2.99. The number of hydrogen-bond donors (Lipinski definition) is 0. The van der Waals surface area contributed by atoms with Crippen molar-refractivity contribution in [3.63, 3.8) is 0 Å². The van der Waals surface area contributed by atoms with E-state index in [0.29, 0.717) is 0 Å². The van der Waals surface area contributed by atoms with Crippen LogP contribution < -0.4 is 0 Å². The molecular formula is C10H16N2. The van der Waals surface area contributed by atoms with Gasteiger partial charge in [0.15, 0.2) is 0 Å². The molecule has 0 saturated carbocycles. The maximum absolute atomic E-state index is 3.76. The maximum atomic E-state index is 3.76. The molecule has 1 saturated heterocycles. The van der Waals surface area contributed by atoms with Crippen LogP contribution in [0.15, 0.2) is 29.5 Å². The molecule has 0 N–H and O–H groups in total. The van der Waals surface area contributed by atoms with E-state index >= 15 is 0 Å². The average Bonchev–Trinajstić information content (AvgIpc) is 2.15. The molecule has 2 heteroatoms. The Balaban J connectivity index is 2.57. The fraction of sp³-hybridized carbons (Fsp3) is 0.500. The number of aliphatic imine (C=N–C) groups is 1. The Labute approximate surface area is 74.3 Å². The monoisotopic (exact) mass is 164 g/mol. The molecule has 0 bridgehead atoms. The Morgan fingerprint density at radius 1 is 1.25 bits per heavy atom. The van der Waals surface area contributed by atoms with E-state index < -0.39 is 0 Å². The highest BCUT2D eigenvalue weighted by atomic mass is 15.1. The summed E-state index contributed by atoms with van der Waals surface area (Å²) in [4.78, 5) is 6.07. The summed E-state index contributed by atoms with van der Waals surface area (Å²) < 4.78 is 0. The predicted octanol–water partition coefficient (Wildman–Crippen LogP) is 2.20.